The van der Waals surface area contributed by atoms with E-state index in [0.29, 0.717) is 17.2 Å². The summed E-state index contributed by atoms with van der Waals surface area (Å²) in [6.45, 7) is 4.22. The number of rotatable bonds is 3. The smallest absolute Gasteiger partial charge is 0.222 e. The van der Waals surface area contributed by atoms with Gasteiger partial charge in [-0.2, -0.15) is 0 Å². The molecule has 5 heteroatoms. The molecular formula is C10H18N4S. The Morgan fingerprint density at radius 2 is 2.00 bits per heavy atom. The van der Waals surface area contributed by atoms with Gasteiger partial charge in [0.25, 0.3) is 0 Å². The van der Waals surface area contributed by atoms with Gasteiger partial charge in [0.05, 0.1) is 0 Å². The van der Waals surface area contributed by atoms with Crippen LogP contribution < -0.4 is 5.73 Å². The Labute approximate surface area is 94.6 Å². The van der Waals surface area contributed by atoms with Crippen LogP contribution in [0.3, 0.4) is 0 Å². The van der Waals surface area contributed by atoms with Crippen molar-refractivity contribution < 1.29 is 0 Å². The van der Waals surface area contributed by atoms with Gasteiger partial charge in [0.2, 0.25) is 5.95 Å². The topological polar surface area (TPSA) is 56.7 Å². The summed E-state index contributed by atoms with van der Waals surface area (Å²) < 4.78 is 2.02. The Bertz CT molecular complexity index is 328. The first-order valence-electron chi connectivity index (χ1n) is 5.55. The van der Waals surface area contributed by atoms with Gasteiger partial charge in [0.15, 0.2) is 5.16 Å². The summed E-state index contributed by atoms with van der Waals surface area (Å²) in [6.07, 6.45) is 5.30. The second kappa shape index (κ2) is 4.43. The summed E-state index contributed by atoms with van der Waals surface area (Å²) in [7, 11) is 0. The number of nitrogens with zero attached hydrogens (tertiary/aromatic N) is 3. The normalized spacial score (nSPS) is 17.8. The van der Waals surface area contributed by atoms with E-state index in [1.54, 1.807) is 0 Å². The van der Waals surface area contributed by atoms with E-state index in [9.17, 15) is 0 Å². The molecule has 15 heavy (non-hydrogen) atoms. The molecule has 0 amide bonds. The van der Waals surface area contributed by atoms with Crippen LogP contribution in [0.2, 0.25) is 0 Å². The van der Waals surface area contributed by atoms with Crippen molar-refractivity contribution in [2.75, 3.05) is 5.73 Å². The lowest BCUT2D eigenvalue weighted by Gasteiger charge is -2.13. The van der Waals surface area contributed by atoms with Crippen molar-refractivity contribution in [3.05, 3.63) is 0 Å². The Kier molecular flexibility index (Phi) is 3.19. The molecule has 1 aliphatic rings. The van der Waals surface area contributed by atoms with Crippen LogP contribution in [0.15, 0.2) is 5.16 Å². The van der Waals surface area contributed by atoms with Crippen molar-refractivity contribution >= 4 is 17.7 Å². The highest BCUT2D eigenvalue weighted by Crippen LogP contribution is 2.35. The quantitative estimate of drug-likeness (QED) is 0.860. The number of hydrogen-bond acceptors (Lipinski definition) is 4. The number of anilines is 1. The van der Waals surface area contributed by atoms with Gasteiger partial charge in [0, 0.05) is 11.3 Å². The van der Waals surface area contributed by atoms with Gasteiger partial charge >= 0.3 is 0 Å². The molecule has 1 aliphatic carbocycles. The summed E-state index contributed by atoms with van der Waals surface area (Å²) >= 11 is 1.84. The first-order valence-corrected chi connectivity index (χ1v) is 6.43. The number of nitrogens with two attached hydrogens (primary N) is 1. The molecule has 0 spiro atoms. The van der Waals surface area contributed by atoms with Gasteiger partial charge in [0.1, 0.15) is 0 Å². The molecule has 1 aromatic heterocycles. The Balaban J connectivity index is 2.13. The molecule has 1 fully saturated rings. The fourth-order valence-corrected chi connectivity index (χ4v) is 3.38. The maximum absolute atomic E-state index is 5.79. The molecule has 0 radical (unpaired) electrons. The predicted molar refractivity (Wildman–Crippen MR) is 62.9 cm³/mol. The molecule has 1 aromatic rings. The average molecular weight is 226 g/mol. The first kappa shape index (κ1) is 10.8. The van der Waals surface area contributed by atoms with E-state index in [0.717, 1.165) is 5.16 Å². The van der Waals surface area contributed by atoms with Crippen LogP contribution >= 0.6 is 11.8 Å². The largest absolute Gasteiger partial charge is 0.368 e. The molecule has 2 N–H and O–H groups in total. The zero-order valence-corrected chi connectivity index (χ0v) is 10.1. The molecule has 0 bridgehead atoms. The molecule has 0 unspecified atom stereocenters. The van der Waals surface area contributed by atoms with Crippen molar-refractivity contribution in [2.45, 2.75) is 56.0 Å². The molecule has 1 heterocycles. The van der Waals surface area contributed by atoms with Crippen LogP contribution in [-0.4, -0.2) is 20.0 Å². The van der Waals surface area contributed by atoms with Crippen LogP contribution in [0.5, 0.6) is 0 Å². The Morgan fingerprint density at radius 1 is 1.33 bits per heavy atom. The van der Waals surface area contributed by atoms with Crippen LogP contribution in [0.4, 0.5) is 5.95 Å². The maximum Gasteiger partial charge on any atom is 0.222 e. The van der Waals surface area contributed by atoms with E-state index < -0.39 is 0 Å². The van der Waals surface area contributed by atoms with E-state index in [4.69, 9.17) is 5.73 Å². The van der Waals surface area contributed by atoms with E-state index in [1.165, 1.54) is 25.7 Å². The van der Waals surface area contributed by atoms with E-state index in [1.807, 2.05) is 16.3 Å². The first-order chi connectivity index (χ1) is 7.18. The van der Waals surface area contributed by atoms with Crippen molar-refractivity contribution in [2.24, 2.45) is 0 Å². The highest BCUT2D eigenvalue weighted by Gasteiger charge is 2.21. The highest BCUT2D eigenvalue weighted by molar-refractivity contribution is 7.99. The van der Waals surface area contributed by atoms with Crippen LogP contribution in [0.1, 0.15) is 45.6 Å². The van der Waals surface area contributed by atoms with Crippen molar-refractivity contribution in [3.63, 3.8) is 0 Å². The Hall–Kier alpha value is -0.710. The zero-order chi connectivity index (χ0) is 10.8. The lowest BCUT2D eigenvalue weighted by Crippen LogP contribution is -2.08. The summed E-state index contributed by atoms with van der Waals surface area (Å²) in [5.74, 6) is 0.533. The third-order valence-electron chi connectivity index (χ3n) is 2.78. The highest BCUT2D eigenvalue weighted by atomic mass is 32.2. The molecule has 1 saturated carbocycles. The van der Waals surface area contributed by atoms with E-state index in [2.05, 4.69) is 24.0 Å². The SMILES string of the molecule is CC(C)n1c(N)nnc1SC1CCCC1. The van der Waals surface area contributed by atoms with Crippen LogP contribution in [0.25, 0.3) is 0 Å². The molecule has 0 saturated heterocycles. The number of nitrogen functional groups attached to an aromatic ring is 1. The summed E-state index contributed by atoms with van der Waals surface area (Å²) in [6, 6.07) is 0.337. The van der Waals surface area contributed by atoms with Crippen molar-refractivity contribution in [1.82, 2.24) is 14.8 Å². The summed E-state index contributed by atoms with van der Waals surface area (Å²) in [4.78, 5) is 0. The third-order valence-corrected chi connectivity index (χ3v) is 4.08. The number of hydrogen-bond donors (Lipinski definition) is 1. The molecular weight excluding hydrogens is 208 g/mol. The second-order valence-electron chi connectivity index (χ2n) is 4.33. The van der Waals surface area contributed by atoms with Gasteiger partial charge < -0.3 is 5.73 Å². The molecule has 2 rings (SSSR count). The maximum atomic E-state index is 5.79. The average Bonchev–Trinajstić information content (AvgIpc) is 2.76. The molecule has 4 nitrogen and oxygen atoms in total. The van der Waals surface area contributed by atoms with Gasteiger partial charge in [-0.05, 0) is 26.7 Å². The molecule has 84 valence electrons. The summed E-state index contributed by atoms with van der Waals surface area (Å²) in [5, 5.41) is 9.80. The molecule has 0 atom stereocenters. The lowest BCUT2D eigenvalue weighted by atomic mass is 10.4. The van der Waals surface area contributed by atoms with Crippen molar-refractivity contribution in [1.29, 1.82) is 0 Å². The van der Waals surface area contributed by atoms with Gasteiger partial charge in [-0.25, -0.2) is 0 Å². The van der Waals surface area contributed by atoms with E-state index >= 15 is 0 Å². The number of aromatic nitrogens is 3. The fourth-order valence-electron chi connectivity index (χ4n) is 2.01. The molecule has 0 aliphatic heterocycles. The van der Waals surface area contributed by atoms with Gasteiger partial charge in [-0.1, -0.05) is 24.6 Å². The monoisotopic (exact) mass is 226 g/mol. The lowest BCUT2D eigenvalue weighted by molar-refractivity contribution is 0.556. The van der Waals surface area contributed by atoms with Gasteiger partial charge in [-0.3, -0.25) is 4.57 Å². The number of thioether (sulfide) groups is 1. The Morgan fingerprint density at radius 3 is 2.60 bits per heavy atom. The zero-order valence-electron chi connectivity index (χ0n) is 9.31. The standard InChI is InChI=1S/C10H18N4S/c1-7(2)14-9(11)12-13-10(14)15-8-5-3-4-6-8/h7-8H,3-6H2,1-2H3,(H2,11,12). The minimum Gasteiger partial charge on any atom is -0.368 e. The third kappa shape index (κ3) is 2.27. The predicted octanol–water partition coefficient (Wildman–Crippen LogP) is 2.48. The molecule has 0 aromatic carbocycles. The minimum absolute atomic E-state index is 0.337. The summed E-state index contributed by atoms with van der Waals surface area (Å²) in [5.41, 5.74) is 5.79. The van der Waals surface area contributed by atoms with E-state index in [-0.39, 0.29) is 0 Å². The fraction of sp³-hybridized carbons (Fsp3) is 0.800. The van der Waals surface area contributed by atoms with Crippen LogP contribution in [-0.2, 0) is 0 Å². The van der Waals surface area contributed by atoms with Gasteiger partial charge in [-0.15, -0.1) is 10.2 Å². The second-order valence-corrected chi connectivity index (χ2v) is 5.60. The van der Waals surface area contributed by atoms with Crippen LogP contribution in [0, 0.1) is 0 Å². The van der Waals surface area contributed by atoms with Crippen molar-refractivity contribution in [3.8, 4) is 0 Å². The minimum atomic E-state index is 0.337.